The number of likely N-dealkylation sites (tertiary alicyclic amines) is 1. The number of carbonyl (C=O) groups is 2. The summed E-state index contributed by atoms with van der Waals surface area (Å²) in [6.45, 7) is 7.93. The van der Waals surface area contributed by atoms with Gasteiger partial charge in [0.2, 0.25) is 5.91 Å². The molecule has 1 amide bonds. The highest BCUT2D eigenvalue weighted by Gasteiger charge is 2.28. The van der Waals surface area contributed by atoms with Crippen LogP contribution in [-0.2, 0) is 20.7 Å². The molecule has 164 valence electrons. The number of esters is 1. The molecule has 30 heavy (non-hydrogen) atoms. The predicted octanol–water partition coefficient (Wildman–Crippen LogP) is 2.60. The molecule has 0 radical (unpaired) electrons. The van der Waals surface area contributed by atoms with Crippen molar-refractivity contribution in [3.63, 3.8) is 0 Å². The smallest absolute Gasteiger partial charge is 0.310 e. The van der Waals surface area contributed by atoms with Gasteiger partial charge in [-0.2, -0.15) is 0 Å². The molecule has 1 atom stereocenters. The van der Waals surface area contributed by atoms with Crippen LogP contribution in [0.5, 0.6) is 0 Å². The summed E-state index contributed by atoms with van der Waals surface area (Å²) in [5, 5.41) is 3.33. The molecule has 1 fully saturated rings. The number of fused-ring (bicyclic) bond motifs is 1. The zero-order chi connectivity index (χ0) is 21.3. The van der Waals surface area contributed by atoms with Gasteiger partial charge in [0.1, 0.15) is 0 Å². The van der Waals surface area contributed by atoms with E-state index in [2.05, 4.69) is 16.3 Å². The second kappa shape index (κ2) is 11.0. The number of nitrogens with one attached hydrogen (secondary N) is 1. The van der Waals surface area contributed by atoms with Crippen molar-refractivity contribution in [1.29, 1.82) is 0 Å². The van der Waals surface area contributed by atoms with Gasteiger partial charge in [-0.25, -0.2) is 0 Å². The second-order valence-corrected chi connectivity index (χ2v) is 7.80. The maximum absolute atomic E-state index is 12.7. The first-order valence-electron chi connectivity index (χ1n) is 11.2. The van der Waals surface area contributed by atoms with Gasteiger partial charge in [0.25, 0.3) is 0 Å². The molecule has 7 nitrogen and oxygen atoms in total. The molecule has 1 aromatic rings. The number of piperidine rings is 1. The fraction of sp³-hybridized carbons (Fsp3) is 0.609. The number of nitrogens with zero attached hydrogens (tertiary/aromatic N) is 3. The largest absolute Gasteiger partial charge is 0.466 e. The predicted molar refractivity (Wildman–Crippen MR) is 119 cm³/mol. The number of aliphatic imine (C=N–C) groups is 1. The molecule has 0 spiro atoms. The van der Waals surface area contributed by atoms with Crippen molar-refractivity contribution < 1.29 is 14.3 Å². The van der Waals surface area contributed by atoms with E-state index in [1.807, 2.05) is 36.9 Å². The van der Waals surface area contributed by atoms with Crippen LogP contribution >= 0.6 is 0 Å². The van der Waals surface area contributed by atoms with Gasteiger partial charge in [0.15, 0.2) is 5.96 Å². The number of ether oxygens (including phenoxy) is 1. The molecule has 1 N–H and O–H groups in total. The van der Waals surface area contributed by atoms with Crippen molar-refractivity contribution in [2.24, 2.45) is 10.9 Å². The molecule has 0 bridgehead atoms. The maximum Gasteiger partial charge on any atom is 0.310 e. The van der Waals surface area contributed by atoms with Crippen LogP contribution < -0.4 is 10.2 Å². The fourth-order valence-electron chi connectivity index (χ4n) is 4.20. The Kier molecular flexibility index (Phi) is 8.11. The molecule has 2 heterocycles. The number of anilines is 1. The number of hydrogen-bond donors (Lipinski definition) is 1. The first kappa shape index (κ1) is 22.1. The second-order valence-electron chi connectivity index (χ2n) is 7.80. The van der Waals surface area contributed by atoms with E-state index < -0.39 is 0 Å². The van der Waals surface area contributed by atoms with E-state index in [4.69, 9.17) is 9.73 Å². The highest BCUT2D eigenvalue weighted by atomic mass is 16.5. The first-order valence-corrected chi connectivity index (χ1v) is 11.2. The highest BCUT2D eigenvalue weighted by molar-refractivity contribution is 5.95. The van der Waals surface area contributed by atoms with Gasteiger partial charge in [-0.05, 0) is 51.2 Å². The quantitative estimate of drug-likeness (QED) is 0.321. The SMILES string of the molecule is CCNC(=NCCCC(=O)N1CCc2ccccc21)N1CCCC(C(=O)OCC)C1. The molecule has 0 aliphatic carbocycles. The minimum Gasteiger partial charge on any atom is -0.466 e. The highest BCUT2D eigenvalue weighted by Crippen LogP contribution is 2.28. The lowest BCUT2D eigenvalue weighted by molar-refractivity contribution is -0.149. The lowest BCUT2D eigenvalue weighted by atomic mass is 9.98. The standard InChI is InChI=1S/C23H34N4O3/c1-3-24-23(26-15-8-10-19(17-26)22(29)30-4-2)25-14-7-12-21(28)27-16-13-18-9-5-6-11-20(18)27/h5-6,9,11,19H,3-4,7-8,10,12-17H2,1-2H3,(H,24,25). The molecule has 0 aromatic heterocycles. The minimum absolute atomic E-state index is 0.0978. The summed E-state index contributed by atoms with van der Waals surface area (Å²) in [7, 11) is 0. The summed E-state index contributed by atoms with van der Waals surface area (Å²) in [4.78, 5) is 33.6. The molecular formula is C23H34N4O3. The Balaban J connectivity index is 1.51. The molecule has 0 saturated carbocycles. The average molecular weight is 415 g/mol. The van der Waals surface area contributed by atoms with Crippen LogP contribution in [0.15, 0.2) is 29.3 Å². The van der Waals surface area contributed by atoms with Crippen molar-refractivity contribution >= 4 is 23.5 Å². The van der Waals surface area contributed by atoms with Crippen molar-refractivity contribution in [2.75, 3.05) is 44.2 Å². The third kappa shape index (κ3) is 5.52. The Morgan fingerprint density at radius 2 is 2.07 bits per heavy atom. The van der Waals surface area contributed by atoms with Crippen molar-refractivity contribution in [3.05, 3.63) is 29.8 Å². The van der Waals surface area contributed by atoms with Crippen LogP contribution in [0.2, 0.25) is 0 Å². The van der Waals surface area contributed by atoms with Gasteiger partial charge in [-0.15, -0.1) is 0 Å². The lowest BCUT2D eigenvalue weighted by Crippen LogP contribution is -2.48. The van der Waals surface area contributed by atoms with Gasteiger partial charge in [-0.3, -0.25) is 14.6 Å². The molecule has 1 aromatic carbocycles. The number of rotatable bonds is 7. The van der Waals surface area contributed by atoms with E-state index in [1.165, 1.54) is 5.56 Å². The summed E-state index contributed by atoms with van der Waals surface area (Å²) in [5.74, 6) is 0.778. The van der Waals surface area contributed by atoms with Gasteiger partial charge < -0.3 is 19.9 Å². The monoisotopic (exact) mass is 414 g/mol. The molecule has 2 aliphatic heterocycles. The number of amides is 1. The average Bonchev–Trinajstić information content (AvgIpc) is 3.20. The first-order chi connectivity index (χ1) is 14.6. The van der Waals surface area contributed by atoms with E-state index >= 15 is 0 Å². The van der Waals surface area contributed by atoms with Crippen LogP contribution in [0.25, 0.3) is 0 Å². The third-order valence-electron chi connectivity index (χ3n) is 5.67. The Labute approximate surface area is 179 Å². The third-order valence-corrected chi connectivity index (χ3v) is 5.67. The minimum atomic E-state index is -0.116. The fourth-order valence-corrected chi connectivity index (χ4v) is 4.20. The van der Waals surface area contributed by atoms with Crippen molar-refractivity contribution in [2.45, 2.75) is 46.0 Å². The van der Waals surface area contributed by atoms with Crippen LogP contribution in [0.4, 0.5) is 5.69 Å². The van der Waals surface area contributed by atoms with Gasteiger partial charge in [0, 0.05) is 44.8 Å². The summed E-state index contributed by atoms with van der Waals surface area (Å²) in [5.41, 5.74) is 2.30. The van der Waals surface area contributed by atoms with E-state index in [0.29, 0.717) is 32.5 Å². The lowest BCUT2D eigenvalue weighted by Gasteiger charge is -2.34. The van der Waals surface area contributed by atoms with E-state index in [-0.39, 0.29) is 17.8 Å². The Hall–Kier alpha value is -2.57. The summed E-state index contributed by atoms with van der Waals surface area (Å²) in [6.07, 6.45) is 3.94. The number of para-hydroxylation sites is 1. The molecule has 2 aliphatic rings. The van der Waals surface area contributed by atoms with Crippen LogP contribution in [0.3, 0.4) is 0 Å². The van der Waals surface area contributed by atoms with E-state index in [0.717, 1.165) is 50.5 Å². The van der Waals surface area contributed by atoms with E-state index in [1.54, 1.807) is 0 Å². The van der Waals surface area contributed by atoms with Gasteiger partial charge in [-0.1, -0.05) is 18.2 Å². The molecule has 1 unspecified atom stereocenters. The topological polar surface area (TPSA) is 74.2 Å². The Morgan fingerprint density at radius 1 is 1.23 bits per heavy atom. The van der Waals surface area contributed by atoms with Crippen molar-refractivity contribution in [1.82, 2.24) is 10.2 Å². The zero-order valence-corrected chi connectivity index (χ0v) is 18.2. The zero-order valence-electron chi connectivity index (χ0n) is 18.2. The summed E-state index contributed by atoms with van der Waals surface area (Å²) < 4.78 is 5.20. The number of hydrogen-bond acceptors (Lipinski definition) is 4. The molecule has 7 heteroatoms. The number of guanidine groups is 1. The molecule has 3 rings (SSSR count). The van der Waals surface area contributed by atoms with Gasteiger partial charge >= 0.3 is 5.97 Å². The molecular weight excluding hydrogens is 380 g/mol. The Morgan fingerprint density at radius 3 is 2.87 bits per heavy atom. The maximum atomic E-state index is 12.7. The number of benzene rings is 1. The van der Waals surface area contributed by atoms with Gasteiger partial charge in [0.05, 0.1) is 12.5 Å². The molecule has 1 saturated heterocycles. The number of carbonyl (C=O) groups excluding carboxylic acids is 2. The normalized spacial score (nSPS) is 18.9. The van der Waals surface area contributed by atoms with Crippen LogP contribution in [0.1, 0.15) is 45.1 Å². The Bertz CT molecular complexity index is 765. The van der Waals surface area contributed by atoms with E-state index in [9.17, 15) is 9.59 Å². The van der Waals surface area contributed by atoms with Crippen molar-refractivity contribution in [3.8, 4) is 0 Å². The van der Waals surface area contributed by atoms with Crippen LogP contribution in [0, 0.1) is 5.92 Å². The summed E-state index contributed by atoms with van der Waals surface area (Å²) >= 11 is 0. The van der Waals surface area contributed by atoms with Crippen LogP contribution in [-0.4, -0.2) is 62.1 Å². The summed E-state index contributed by atoms with van der Waals surface area (Å²) in [6, 6.07) is 8.13.